The van der Waals surface area contributed by atoms with Crippen LogP contribution in [0.15, 0.2) is 12.3 Å². The van der Waals surface area contributed by atoms with E-state index < -0.39 is 0 Å². The highest BCUT2D eigenvalue weighted by molar-refractivity contribution is 5.94. The summed E-state index contributed by atoms with van der Waals surface area (Å²) in [6, 6.07) is 1.96. The van der Waals surface area contributed by atoms with Crippen LogP contribution in [-0.4, -0.2) is 29.7 Å². The van der Waals surface area contributed by atoms with Crippen molar-refractivity contribution in [3.63, 3.8) is 0 Å². The molecule has 5 heteroatoms. The van der Waals surface area contributed by atoms with Gasteiger partial charge in [-0.3, -0.25) is 4.79 Å². The largest absolute Gasteiger partial charge is 0.397 e. The normalized spacial score (nSPS) is 22.6. The van der Waals surface area contributed by atoms with Gasteiger partial charge >= 0.3 is 0 Å². The molecule has 2 rings (SSSR count). The number of carbonyl (C=O) groups is 1. The standard InChI is InChI=1S/C13H21N3O2/c1-3-4-16-8-9(14)5-12(16)13(17)15-10-6-11(7-10)18-2/h5,8,10-11H,3-4,6-7,14H2,1-2H3,(H,15,17). The molecule has 0 radical (unpaired) electrons. The molecule has 100 valence electrons. The van der Waals surface area contributed by atoms with E-state index in [0.29, 0.717) is 17.5 Å². The second-order valence-electron chi connectivity index (χ2n) is 4.85. The van der Waals surface area contributed by atoms with Crippen LogP contribution >= 0.6 is 0 Å². The minimum absolute atomic E-state index is 0.0419. The molecule has 0 atom stereocenters. The third-order valence-corrected chi connectivity index (χ3v) is 3.38. The third-order valence-electron chi connectivity index (χ3n) is 3.38. The zero-order chi connectivity index (χ0) is 13.1. The van der Waals surface area contributed by atoms with Gasteiger partial charge in [0.05, 0.1) is 11.8 Å². The second kappa shape index (κ2) is 5.44. The fraction of sp³-hybridized carbons (Fsp3) is 0.615. The van der Waals surface area contributed by atoms with Crippen molar-refractivity contribution < 1.29 is 9.53 Å². The molecule has 18 heavy (non-hydrogen) atoms. The lowest BCUT2D eigenvalue weighted by Gasteiger charge is -2.34. The summed E-state index contributed by atoms with van der Waals surface area (Å²) >= 11 is 0. The molecule has 1 aliphatic carbocycles. The van der Waals surface area contributed by atoms with E-state index in [1.54, 1.807) is 13.2 Å². The van der Waals surface area contributed by atoms with Crippen LogP contribution in [0, 0.1) is 0 Å². The van der Waals surface area contributed by atoms with Gasteiger partial charge in [-0.2, -0.15) is 0 Å². The Hall–Kier alpha value is -1.49. The minimum atomic E-state index is -0.0419. The van der Waals surface area contributed by atoms with Crippen molar-refractivity contribution in [2.24, 2.45) is 0 Å². The molecule has 1 aliphatic rings. The lowest BCUT2D eigenvalue weighted by Crippen LogP contribution is -2.47. The van der Waals surface area contributed by atoms with Crippen LogP contribution in [0.4, 0.5) is 5.69 Å². The van der Waals surface area contributed by atoms with E-state index in [4.69, 9.17) is 10.5 Å². The number of nitrogens with one attached hydrogen (secondary N) is 1. The number of aromatic nitrogens is 1. The number of amides is 1. The summed E-state index contributed by atoms with van der Waals surface area (Å²) in [4.78, 5) is 12.1. The summed E-state index contributed by atoms with van der Waals surface area (Å²) < 4.78 is 7.11. The monoisotopic (exact) mass is 251 g/mol. The number of aryl methyl sites for hydroxylation is 1. The summed E-state index contributed by atoms with van der Waals surface area (Å²) in [6.07, 6.45) is 4.88. The van der Waals surface area contributed by atoms with Gasteiger partial charge in [0.2, 0.25) is 0 Å². The molecule has 1 fully saturated rings. The SMILES string of the molecule is CCCn1cc(N)cc1C(=O)NC1CC(OC)C1. The molecule has 0 bridgehead atoms. The number of hydrogen-bond acceptors (Lipinski definition) is 3. The maximum Gasteiger partial charge on any atom is 0.268 e. The van der Waals surface area contributed by atoms with Crippen LogP contribution in [0.3, 0.4) is 0 Å². The van der Waals surface area contributed by atoms with E-state index in [-0.39, 0.29) is 11.9 Å². The Morgan fingerprint density at radius 2 is 2.33 bits per heavy atom. The average molecular weight is 251 g/mol. The Balaban J connectivity index is 1.96. The van der Waals surface area contributed by atoms with Crippen molar-refractivity contribution in [2.75, 3.05) is 12.8 Å². The van der Waals surface area contributed by atoms with E-state index >= 15 is 0 Å². The minimum Gasteiger partial charge on any atom is -0.397 e. The number of rotatable bonds is 5. The van der Waals surface area contributed by atoms with Gasteiger partial charge < -0.3 is 20.4 Å². The first-order valence-corrected chi connectivity index (χ1v) is 6.43. The topological polar surface area (TPSA) is 69.3 Å². The lowest BCUT2D eigenvalue weighted by molar-refractivity contribution is 0.0175. The maximum absolute atomic E-state index is 12.1. The molecule has 1 amide bonds. The number of carbonyl (C=O) groups excluding carboxylic acids is 1. The van der Waals surface area contributed by atoms with E-state index in [9.17, 15) is 4.79 Å². The Kier molecular flexibility index (Phi) is 3.91. The molecular formula is C13H21N3O2. The van der Waals surface area contributed by atoms with Gasteiger partial charge in [0.15, 0.2) is 0 Å². The predicted octanol–water partition coefficient (Wildman–Crippen LogP) is 1.39. The van der Waals surface area contributed by atoms with Crippen LogP contribution in [0.2, 0.25) is 0 Å². The van der Waals surface area contributed by atoms with Gasteiger partial charge in [0.25, 0.3) is 5.91 Å². The molecule has 1 saturated carbocycles. The molecule has 1 heterocycles. The molecule has 0 aliphatic heterocycles. The first-order valence-electron chi connectivity index (χ1n) is 6.43. The highest BCUT2D eigenvalue weighted by atomic mass is 16.5. The molecule has 1 aromatic heterocycles. The Morgan fingerprint density at radius 1 is 1.61 bits per heavy atom. The van der Waals surface area contributed by atoms with Gasteiger partial charge in [-0.25, -0.2) is 0 Å². The summed E-state index contributed by atoms with van der Waals surface area (Å²) in [5.41, 5.74) is 7.03. The molecule has 0 aromatic carbocycles. The number of nitrogens with two attached hydrogens (primary N) is 1. The van der Waals surface area contributed by atoms with Crippen LogP contribution in [0.25, 0.3) is 0 Å². The Labute approximate surface area is 107 Å². The predicted molar refractivity (Wildman–Crippen MR) is 70.4 cm³/mol. The van der Waals surface area contributed by atoms with Gasteiger partial charge in [-0.1, -0.05) is 6.92 Å². The first kappa shape index (κ1) is 13.0. The highest BCUT2D eigenvalue weighted by Gasteiger charge is 2.30. The number of hydrogen-bond donors (Lipinski definition) is 2. The molecule has 1 aromatic rings. The highest BCUT2D eigenvalue weighted by Crippen LogP contribution is 2.23. The maximum atomic E-state index is 12.1. The third kappa shape index (κ3) is 2.67. The Morgan fingerprint density at radius 3 is 2.94 bits per heavy atom. The zero-order valence-corrected chi connectivity index (χ0v) is 11.0. The van der Waals surface area contributed by atoms with Gasteiger partial charge in [-0.05, 0) is 25.3 Å². The van der Waals surface area contributed by atoms with Crippen LogP contribution in [0.5, 0.6) is 0 Å². The summed E-state index contributed by atoms with van der Waals surface area (Å²) in [7, 11) is 1.70. The van der Waals surface area contributed by atoms with Crippen LogP contribution in [0.1, 0.15) is 36.7 Å². The van der Waals surface area contributed by atoms with E-state index in [1.165, 1.54) is 0 Å². The number of nitrogens with zero attached hydrogens (tertiary/aromatic N) is 1. The van der Waals surface area contributed by atoms with Crippen molar-refractivity contribution in [2.45, 2.75) is 44.9 Å². The Bertz CT molecular complexity index is 422. The number of ether oxygens (including phenoxy) is 1. The fourth-order valence-electron chi connectivity index (χ4n) is 2.28. The van der Waals surface area contributed by atoms with Crippen molar-refractivity contribution in [3.05, 3.63) is 18.0 Å². The summed E-state index contributed by atoms with van der Waals surface area (Å²) in [5.74, 6) is -0.0419. The van der Waals surface area contributed by atoms with Gasteiger partial charge in [0.1, 0.15) is 5.69 Å². The fourth-order valence-corrected chi connectivity index (χ4v) is 2.28. The van der Waals surface area contributed by atoms with E-state index in [2.05, 4.69) is 12.2 Å². The smallest absolute Gasteiger partial charge is 0.268 e. The van der Waals surface area contributed by atoms with E-state index in [0.717, 1.165) is 25.8 Å². The molecule has 0 unspecified atom stereocenters. The van der Waals surface area contributed by atoms with Gasteiger partial charge in [-0.15, -0.1) is 0 Å². The first-order chi connectivity index (χ1) is 8.63. The van der Waals surface area contributed by atoms with Crippen molar-refractivity contribution >= 4 is 11.6 Å². The molecular weight excluding hydrogens is 230 g/mol. The van der Waals surface area contributed by atoms with Crippen molar-refractivity contribution in [3.8, 4) is 0 Å². The number of nitrogen functional groups attached to an aromatic ring is 1. The number of methoxy groups -OCH3 is 1. The summed E-state index contributed by atoms with van der Waals surface area (Å²) in [5, 5.41) is 3.01. The molecule has 5 nitrogen and oxygen atoms in total. The number of anilines is 1. The van der Waals surface area contributed by atoms with Crippen LogP contribution in [-0.2, 0) is 11.3 Å². The summed E-state index contributed by atoms with van der Waals surface area (Å²) in [6.45, 7) is 2.89. The van der Waals surface area contributed by atoms with Gasteiger partial charge in [0, 0.05) is 25.9 Å². The van der Waals surface area contributed by atoms with Crippen molar-refractivity contribution in [1.82, 2.24) is 9.88 Å². The molecule has 0 saturated heterocycles. The molecule has 3 N–H and O–H groups in total. The zero-order valence-electron chi connectivity index (χ0n) is 11.0. The average Bonchev–Trinajstić information content (AvgIpc) is 2.64. The quantitative estimate of drug-likeness (QED) is 0.830. The lowest BCUT2D eigenvalue weighted by atomic mass is 9.89. The van der Waals surface area contributed by atoms with E-state index in [1.807, 2.05) is 10.8 Å². The second-order valence-corrected chi connectivity index (χ2v) is 4.85. The van der Waals surface area contributed by atoms with Crippen molar-refractivity contribution in [1.29, 1.82) is 0 Å². The molecule has 0 spiro atoms. The van der Waals surface area contributed by atoms with Crippen LogP contribution < -0.4 is 11.1 Å².